The van der Waals surface area contributed by atoms with Crippen molar-refractivity contribution in [2.24, 2.45) is 0 Å². The Morgan fingerprint density at radius 2 is 2.30 bits per heavy atom. The van der Waals surface area contributed by atoms with Crippen molar-refractivity contribution in [1.29, 1.82) is 0 Å². The second-order valence-corrected chi connectivity index (χ2v) is 2.45. The van der Waals surface area contributed by atoms with Crippen LogP contribution in [0.5, 0.6) is 0 Å². The monoisotopic (exact) mass is 210 g/mol. The molecule has 0 atom stereocenters. The minimum absolute atomic E-state index is 0.304. The van der Waals surface area contributed by atoms with Crippen LogP contribution in [0.2, 0.25) is 0 Å². The predicted molar refractivity (Wildman–Crippen MR) is 40.7 cm³/mol. The van der Waals surface area contributed by atoms with Crippen molar-refractivity contribution in [3.63, 3.8) is 0 Å². The van der Waals surface area contributed by atoms with E-state index in [0.29, 0.717) is 13.0 Å². The minimum atomic E-state index is -0.304. The molecule has 0 aromatic heterocycles. The van der Waals surface area contributed by atoms with Gasteiger partial charge in [-0.25, -0.2) is 4.79 Å². The van der Waals surface area contributed by atoms with E-state index in [1.807, 2.05) is 0 Å². The molecule has 0 amide bonds. The SMILES string of the molecule is CCOOC(=O)CCCBr. The Balaban J connectivity index is 3.09. The van der Waals surface area contributed by atoms with Crippen LogP contribution in [-0.4, -0.2) is 17.9 Å². The molecule has 0 fully saturated rings. The number of carbonyl (C=O) groups excluding carboxylic acids is 1. The van der Waals surface area contributed by atoms with Gasteiger partial charge in [0.1, 0.15) is 0 Å². The van der Waals surface area contributed by atoms with E-state index in [4.69, 9.17) is 0 Å². The average molecular weight is 211 g/mol. The summed E-state index contributed by atoms with van der Waals surface area (Å²) in [5, 5.41) is 0.814. The molecule has 0 aliphatic carbocycles. The van der Waals surface area contributed by atoms with Gasteiger partial charge in [0.2, 0.25) is 0 Å². The van der Waals surface area contributed by atoms with Crippen LogP contribution in [0, 0.1) is 0 Å². The second kappa shape index (κ2) is 7.02. The molecule has 3 nitrogen and oxygen atoms in total. The van der Waals surface area contributed by atoms with Crippen molar-refractivity contribution < 1.29 is 14.6 Å². The van der Waals surface area contributed by atoms with Crippen LogP contribution in [-0.2, 0) is 14.6 Å². The van der Waals surface area contributed by atoms with Crippen LogP contribution >= 0.6 is 15.9 Å². The molecular formula is C6H11BrO3. The molecule has 0 aromatic rings. The lowest BCUT2D eigenvalue weighted by molar-refractivity contribution is -0.269. The van der Waals surface area contributed by atoms with E-state index in [1.54, 1.807) is 6.92 Å². The van der Waals surface area contributed by atoms with Gasteiger partial charge in [0.05, 0.1) is 6.61 Å². The highest BCUT2D eigenvalue weighted by molar-refractivity contribution is 9.09. The zero-order chi connectivity index (χ0) is 7.82. The van der Waals surface area contributed by atoms with E-state index in [1.165, 1.54) is 0 Å². The average Bonchev–Trinajstić information content (AvgIpc) is 1.97. The third kappa shape index (κ3) is 6.04. The summed E-state index contributed by atoms with van der Waals surface area (Å²) in [6, 6.07) is 0. The molecule has 60 valence electrons. The summed E-state index contributed by atoms with van der Waals surface area (Å²) >= 11 is 3.20. The van der Waals surface area contributed by atoms with E-state index in [9.17, 15) is 4.79 Å². The second-order valence-electron chi connectivity index (χ2n) is 1.65. The molecule has 0 saturated heterocycles. The van der Waals surface area contributed by atoms with E-state index in [0.717, 1.165) is 11.8 Å². The topological polar surface area (TPSA) is 35.5 Å². The van der Waals surface area contributed by atoms with Gasteiger partial charge < -0.3 is 0 Å². The first-order chi connectivity index (χ1) is 4.81. The van der Waals surface area contributed by atoms with E-state index in [-0.39, 0.29) is 5.97 Å². The summed E-state index contributed by atoms with van der Waals surface area (Å²) in [7, 11) is 0. The largest absolute Gasteiger partial charge is 0.342 e. The van der Waals surface area contributed by atoms with Gasteiger partial charge in [0.25, 0.3) is 0 Å². The van der Waals surface area contributed by atoms with Crippen LogP contribution in [0.4, 0.5) is 0 Å². The molecule has 0 rings (SSSR count). The lowest BCUT2D eigenvalue weighted by Gasteiger charge is -1.98. The molecule has 0 spiro atoms. The van der Waals surface area contributed by atoms with Gasteiger partial charge in [-0.3, -0.25) is 4.89 Å². The Labute approximate surface area is 68.7 Å². The zero-order valence-corrected chi connectivity index (χ0v) is 7.52. The first kappa shape index (κ1) is 9.91. The summed E-state index contributed by atoms with van der Waals surface area (Å²) in [6.45, 7) is 2.16. The summed E-state index contributed by atoms with van der Waals surface area (Å²) in [6.07, 6.45) is 1.19. The molecule has 0 aromatic carbocycles. The summed E-state index contributed by atoms with van der Waals surface area (Å²) in [4.78, 5) is 19.4. The Morgan fingerprint density at radius 1 is 1.60 bits per heavy atom. The normalized spacial score (nSPS) is 9.40. The van der Waals surface area contributed by atoms with Gasteiger partial charge in [-0.2, -0.15) is 4.89 Å². The summed E-state index contributed by atoms with van der Waals surface area (Å²) < 4.78 is 0. The highest BCUT2D eigenvalue weighted by Crippen LogP contribution is 1.96. The Morgan fingerprint density at radius 3 is 2.80 bits per heavy atom. The van der Waals surface area contributed by atoms with Gasteiger partial charge in [-0.15, -0.1) is 0 Å². The molecule has 10 heavy (non-hydrogen) atoms. The number of rotatable bonds is 5. The molecule has 0 aliphatic rings. The maximum atomic E-state index is 10.6. The number of carbonyl (C=O) groups is 1. The number of alkyl halides is 1. The number of hydrogen-bond acceptors (Lipinski definition) is 3. The van der Waals surface area contributed by atoms with Crippen LogP contribution in [0.25, 0.3) is 0 Å². The molecule has 0 saturated carbocycles. The fourth-order valence-electron chi connectivity index (χ4n) is 0.377. The highest BCUT2D eigenvalue weighted by Gasteiger charge is 2.00. The summed E-state index contributed by atoms with van der Waals surface area (Å²) in [5.41, 5.74) is 0. The lowest BCUT2D eigenvalue weighted by atomic mass is 10.3. The van der Waals surface area contributed by atoms with E-state index >= 15 is 0 Å². The Bertz CT molecular complexity index is 85.0. The molecule has 0 unspecified atom stereocenters. The van der Waals surface area contributed by atoms with Crippen molar-refractivity contribution in [2.75, 3.05) is 11.9 Å². The zero-order valence-electron chi connectivity index (χ0n) is 5.93. The van der Waals surface area contributed by atoms with E-state index < -0.39 is 0 Å². The van der Waals surface area contributed by atoms with E-state index in [2.05, 4.69) is 25.7 Å². The van der Waals surface area contributed by atoms with Crippen molar-refractivity contribution in [1.82, 2.24) is 0 Å². The fourth-order valence-corrected chi connectivity index (χ4v) is 0.658. The first-order valence-electron chi connectivity index (χ1n) is 3.19. The minimum Gasteiger partial charge on any atom is -0.298 e. The Hall–Kier alpha value is -0.0900. The van der Waals surface area contributed by atoms with Crippen molar-refractivity contribution in [2.45, 2.75) is 19.8 Å². The summed E-state index contributed by atoms with van der Waals surface area (Å²) in [5.74, 6) is -0.304. The molecule has 0 heterocycles. The molecule has 0 N–H and O–H groups in total. The number of halogens is 1. The molecule has 0 radical (unpaired) electrons. The van der Waals surface area contributed by atoms with Crippen molar-refractivity contribution in [3.05, 3.63) is 0 Å². The fraction of sp³-hybridized carbons (Fsp3) is 0.833. The van der Waals surface area contributed by atoms with Crippen molar-refractivity contribution in [3.8, 4) is 0 Å². The van der Waals surface area contributed by atoms with Gasteiger partial charge >= 0.3 is 5.97 Å². The van der Waals surface area contributed by atoms with Crippen LogP contribution in [0.3, 0.4) is 0 Å². The maximum Gasteiger partial charge on any atom is 0.342 e. The van der Waals surface area contributed by atoms with Crippen LogP contribution in [0.15, 0.2) is 0 Å². The smallest absolute Gasteiger partial charge is 0.298 e. The van der Waals surface area contributed by atoms with Crippen LogP contribution in [0.1, 0.15) is 19.8 Å². The Kier molecular flexibility index (Phi) is 6.96. The van der Waals surface area contributed by atoms with Crippen LogP contribution < -0.4 is 0 Å². The lowest BCUT2D eigenvalue weighted by Crippen LogP contribution is -2.04. The first-order valence-corrected chi connectivity index (χ1v) is 4.31. The molecule has 0 aliphatic heterocycles. The van der Waals surface area contributed by atoms with Crippen molar-refractivity contribution >= 4 is 21.9 Å². The number of hydrogen-bond donors (Lipinski definition) is 0. The molecular weight excluding hydrogens is 200 g/mol. The molecule has 0 bridgehead atoms. The third-order valence-corrected chi connectivity index (χ3v) is 1.34. The molecule has 4 heteroatoms. The maximum absolute atomic E-state index is 10.6. The quantitative estimate of drug-likeness (QED) is 0.394. The van der Waals surface area contributed by atoms with Gasteiger partial charge in [0, 0.05) is 11.8 Å². The third-order valence-electron chi connectivity index (χ3n) is 0.784. The highest BCUT2D eigenvalue weighted by atomic mass is 79.9. The van der Waals surface area contributed by atoms with Gasteiger partial charge in [0.15, 0.2) is 0 Å². The van der Waals surface area contributed by atoms with Gasteiger partial charge in [-0.1, -0.05) is 15.9 Å². The standard InChI is InChI=1S/C6H11BrO3/c1-2-9-10-6(8)4-3-5-7/h2-5H2,1H3. The predicted octanol–water partition coefficient (Wildman–Crippen LogP) is 1.66. The van der Waals surface area contributed by atoms with Gasteiger partial charge in [-0.05, 0) is 13.3 Å².